The fourth-order valence-electron chi connectivity index (χ4n) is 3.23. The Kier molecular flexibility index (Phi) is 5.49. The SMILES string of the molecule is CC(Oc1ccc(C#N)cc1)C(=O)NC(c1ccccc1)c1cc2ccccc2o1. The summed E-state index contributed by atoms with van der Waals surface area (Å²) < 4.78 is 11.8. The molecule has 3 aromatic carbocycles. The number of fused-ring (bicyclic) bond motifs is 1. The van der Waals surface area contributed by atoms with Crippen molar-refractivity contribution in [2.75, 3.05) is 0 Å². The number of ether oxygens (including phenoxy) is 1. The van der Waals surface area contributed by atoms with E-state index in [1.165, 1.54) is 0 Å². The fourth-order valence-corrected chi connectivity index (χ4v) is 3.23. The zero-order valence-corrected chi connectivity index (χ0v) is 16.4. The van der Waals surface area contributed by atoms with Gasteiger partial charge in [-0.25, -0.2) is 0 Å². The number of nitrogens with one attached hydrogen (secondary N) is 1. The molecule has 0 spiro atoms. The van der Waals surface area contributed by atoms with Crippen LogP contribution in [0.1, 0.15) is 29.9 Å². The molecule has 1 amide bonds. The first-order chi connectivity index (χ1) is 14.6. The van der Waals surface area contributed by atoms with Crippen LogP contribution in [0, 0.1) is 11.3 Å². The Hall–Kier alpha value is -4.04. The molecule has 0 saturated carbocycles. The number of hydrogen-bond acceptors (Lipinski definition) is 4. The van der Waals surface area contributed by atoms with E-state index in [4.69, 9.17) is 14.4 Å². The number of nitriles is 1. The molecular formula is C25H20N2O3. The quantitative estimate of drug-likeness (QED) is 0.499. The van der Waals surface area contributed by atoms with Crippen molar-refractivity contribution in [1.29, 1.82) is 5.26 Å². The fraction of sp³-hybridized carbons (Fsp3) is 0.120. The number of amides is 1. The molecule has 1 N–H and O–H groups in total. The van der Waals surface area contributed by atoms with Crippen molar-refractivity contribution in [2.24, 2.45) is 0 Å². The van der Waals surface area contributed by atoms with Crippen LogP contribution in [0.4, 0.5) is 0 Å². The summed E-state index contributed by atoms with van der Waals surface area (Å²) in [7, 11) is 0. The second-order valence-corrected chi connectivity index (χ2v) is 6.94. The molecule has 0 aliphatic heterocycles. The van der Waals surface area contributed by atoms with E-state index >= 15 is 0 Å². The van der Waals surface area contributed by atoms with Gasteiger partial charge in [-0.1, -0.05) is 48.5 Å². The van der Waals surface area contributed by atoms with Crippen molar-refractivity contribution in [3.05, 3.63) is 102 Å². The molecule has 4 rings (SSSR count). The van der Waals surface area contributed by atoms with Crippen molar-refractivity contribution in [1.82, 2.24) is 5.32 Å². The Morgan fingerprint density at radius 2 is 1.70 bits per heavy atom. The first-order valence-electron chi connectivity index (χ1n) is 9.64. The predicted octanol–water partition coefficient (Wildman–Crippen LogP) is 4.98. The van der Waals surface area contributed by atoms with Crippen LogP contribution >= 0.6 is 0 Å². The number of nitrogens with zero attached hydrogens (tertiary/aromatic N) is 1. The molecule has 148 valence electrons. The second kappa shape index (κ2) is 8.54. The van der Waals surface area contributed by atoms with Crippen LogP contribution in [0.3, 0.4) is 0 Å². The summed E-state index contributed by atoms with van der Waals surface area (Å²) in [6.07, 6.45) is -0.728. The van der Waals surface area contributed by atoms with Crippen LogP contribution in [0.25, 0.3) is 11.0 Å². The number of furan rings is 1. The maximum absolute atomic E-state index is 12.9. The molecule has 1 heterocycles. The van der Waals surface area contributed by atoms with Crippen molar-refractivity contribution in [3.8, 4) is 11.8 Å². The summed E-state index contributed by atoms with van der Waals surface area (Å²) in [6.45, 7) is 1.69. The molecule has 2 unspecified atom stereocenters. The molecule has 4 aromatic rings. The molecule has 30 heavy (non-hydrogen) atoms. The summed E-state index contributed by atoms with van der Waals surface area (Å²) in [5, 5.41) is 12.9. The Morgan fingerprint density at radius 3 is 2.40 bits per heavy atom. The van der Waals surface area contributed by atoms with Crippen LogP contribution < -0.4 is 10.1 Å². The third kappa shape index (κ3) is 4.18. The summed E-state index contributed by atoms with van der Waals surface area (Å²) in [5.74, 6) is 0.909. The Morgan fingerprint density at radius 1 is 1.00 bits per heavy atom. The highest BCUT2D eigenvalue weighted by Gasteiger charge is 2.24. The van der Waals surface area contributed by atoms with Crippen molar-refractivity contribution >= 4 is 16.9 Å². The zero-order valence-electron chi connectivity index (χ0n) is 16.4. The summed E-state index contributed by atoms with van der Waals surface area (Å²) in [5.41, 5.74) is 2.22. The Balaban J connectivity index is 1.56. The van der Waals surface area contributed by atoms with Gasteiger partial charge in [0.05, 0.1) is 11.6 Å². The number of carbonyl (C=O) groups excluding carboxylic acids is 1. The van der Waals surface area contributed by atoms with Gasteiger partial charge in [0.25, 0.3) is 5.91 Å². The normalized spacial score (nSPS) is 12.7. The lowest BCUT2D eigenvalue weighted by Gasteiger charge is -2.20. The van der Waals surface area contributed by atoms with E-state index in [9.17, 15) is 4.79 Å². The van der Waals surface area contributed by atoms with Crippen LogP contribution in [0.2, 0.25) is 0 Å². The van der Waals surface area contributed by atoms with Crippen LogP contribution in [-0.2, 0) is 4.79 Å². The predicted molar refractivity (Wildman–Crippen MR) is 114 cm³/mol. The molecule has 5 nitrogen and oxygen atoms in total. The van der Waals surface area contributed by atoms with Gasteiger partial charge in [0.15, 0.2) is 6.10 Å². The Bertz CT molecular complexity index is 1160. The molecule has 1 aromatic heterocycles. The van der Waals surface area contributed by atoms with E-state index in [0.29, 0.717) is 17.1 Å². The number of benzene rings is 3. The lowest BCUT2D eigenvalue weighted by molar-refractivity contribution is -0.127. The minimum absolute atomic E-state index is 0.270. The number of para-hydroxylation sites is 1. The zero-order chi connectivity index (χ0) is 20.9. The van der Waals surface area contributed by atoms with Gasteiger partial charge in [-0.15, -0.1) is 0 Å². The summed E-state index contributed by atoms with van der Waals surface area (Å²) in [4.78, 5) is 12.9. The van der Waals surface area contributed by atoms with Gasteiger partial charge >= 0.3 is 0 Å². The molecule has 0 aliphatic carbocycles. The van der Waals surface area contributed by atoms with Gasteiger partial charge in [-0.2, -0.15) is 5.26 Å². The summed E-state index contributed by atoms with van der Waals surface area (Å²) >= 11 is 0. The van der Waals surface area contributed by atoms with Crippen molar-refractivity contribution in [2.45, 2.75) is 19.1 Å². The molecule has 0 bridgehead atoms. The van der Waals surface area contributed by atoms with Crippen molar-refractivity contribution < 1.29 is 13.9 Å². The van der Waals surface area contributed by atoms with Crippen molar-refractivity contribution in [3.63, 3.8) is 0 Å². The number of hydrogen-bond donors (Lipinski definition) is 1. The molecule has 2 atom stereocenters. The van der Waals surface area contributed by atoms with E-state index in [-0.39, 0.29) is 5.91 Å². The van der Waals surface area contributed by atoms with Gasteiger partial charge in [0.2, 0.25) is 0 Å². The first-order valence-corrected chi connectivity index (χ1v) is 9.64. The highest BCUT2D eigenvalue weighted by molar-refractivity contribution is 5.82. The highest BCUT2D eigenvalue weighted by Crippen LogP contribution is 2.28. The van der Waals surface area contributed by atoms with Gasteiger partial charge in [0, 0.05) is 5.39 Å². The average Bonchev–Trinajstić information content (AvgIpc) is 3.22. The van der Waals surface area contributed by atoms with E-state index in [1.807, 2.05) is 60.7 Å². The van der Waals surface area contributed by atoms with Gasteiger partial charge in [0.1, 0.15) is 23.1 Å². The smallest absolute Gasteiger partial charge is 0.261 e. The lowest BCUT2D eigenvalue weighted by Crippen LogP contribution is -2.38. The minimum atomic E-state index is -0.728. The Labute approximate surface area is 174 Å². The molecule has 5 heteroatoms. The number of carbonyl (C=O) groups is 1. The van der Waals surface area contributed by atoms with Crippen LogP contribution in [-0.4, -0.2) is 12.0 Å². The van der Waals surface area contributed by atoms with Gasteiger partial charge in [-0.05, 0) is 48.9 Å². The lowest BCUT2D eigenvalue weighted by atomic mass is 10.0. The maximum atomic E-state index is 12.9. The largest absolute Gasteiger partial charge is 0.481 e. The molecular weight excluding hydrogens is 376 g/mol. The standard InChI is InChI=1S/C25H20N2O3/c1-17(29-21-13-11-18(16-26)12-14-21)25(28)27-24(19-7-3-2-4-8-19)23-15-20-9-5-6-10-22(20)30-23/h2-15,17,24H,1H3,(H,27,28). The molecule has 0 saturated heterocycles. The van der Waals surface area contributed by atoms with E-state index in [1.54, 1.807) is 31.2 Å². The summed E-state index contributed by atoms with van der Waals surface area (Å²) in [6, 6.07) is 27.6. The third-order valence-corrected chi connectivity index (χ3v) is 4.81. The minimum Gasteiger partial charge on any atom is -0.481 e. The van der Waals surface area contributed by atoms with Crippen LogP contribution in [0.5, 0.6) is 5.75 Å². The molecule has 0 aliphatic rings. The highest BCUT2D eigenvalue weighted by atomic mass is 16.5. The third-order valence-electron chi connectivity index (χ3n) is 4.81. The van der Waals surface area contributed by atoms with Gasteiger partial charge in [-0.3, -0.25) is 4.79 Å². The average molecular weight is 396 g/mol. The monoisotopic (exact) mass is 396 g/mol. The van der Waals surface area contributed by atoms with E-state index in [2.05, 4.69) is 11.4 Å². The molecule has 0 radical (unpaired) electrons. The van der Waals surface area contributed by atoms with E-state index < -0.39 is 12.1 Å². The van der Waals surface area contributed by atoms with E-state index in [0.717, 1.165) is 16.5 Å². The second-order valence-electron chi connectivity index (χ2n) is 6.94. The maximum Gasteiger partial charge on any atom is 0.261 e. The number of rotatable bonds is 6. The van der Waals surface area contributed by atoms with Gasteiger partial charge < -0.3 is 14.5 Å². The van der Waals surface area contributed by atoms with Crippen LogP contribution in [0.15, 0.2) is 89.3 Å². The molecule has 0 fully saturated rings. The topological polar surface area (TPSA) is 75.3 Å². The first kappa shape index (κ1) is 19.3.